The van der Waals surface area contributed by atoms with Gasteiger partial charge in [-0.15, -0.1) is 24.0 Å². The Morgan fingerprint density at radius 1 is 1.22 bits per heavy atom. The number of hydrogen-bond acceptors (Lipinski definition) is 2. The molecule has 0 aliphatic heterocycles. The molecule has 0 spiro atoms. The monoisotopic (exact) mass is 433 g/mol. The van der Waals surface area contributed by atoms with Gasteiger partial charge in [0.15, 0.2) is 5.96 Å². The van der Waals surface area contributed by atoms with Crippen molar-refractivity contribution in [1.82, 2.24) is 10.6 Å². The Morgan fingerprint density at radius 3 is 2.57 bits per heavy atom. The van der Waals surface area contributed by atoms with Crippen molar-refractivity contribution in [2.45, 2.75) is 53.7 Å². The first-order chi connectivity index (χ1) is 10.5. The molecule has 0 bridgehead atoms. The Kier molecular flexibility index (Phi) is 12.1. The van der Waals surface area contributed by atoms with Crippen LogP contribution in [-0.4, -0.2) is 31.8 Å². The van der Waals surface area contributed by atoms with E-state index >= 15 is 0 Å². The van der Waals surface area contributed by atoms with Crippen molar-refractivity contribution in [3.05, 3.63) is 34.9 Å². The predicted octanol–water partition coefficient (Wildman–Crippen LogP) is 3.79. The standard InChI is InChI=1S/C18H31N3O.HI/c1-6-19-18(20-10-7-11-22-14(2)3)21-13-17-9-8-15(4)12-16(17)5;/h8-9,12,14H,6-7,10-11,13H2,1-5H3,(H2,19,20,21);1H. The van der Waals surface area contributed by atoms with E-state index < -0.39 is 0 Å². The molecule has 0 aliphatic rings. The molecular weight excluding hydrogens is 401 g/mol. The topological polar surface area (TPSA) is 45.7 Å². The molecule has 0 amide bonds. The Hall–Kier alpha value is -0.820. The minimum Gasteiger partial charge on any atom is -0.379 e. The van der Waals surface area contributed by atoms with Gasteiger partial charge in [0.1, 0.15) is 0 Å². The Morgan fingerprint density at radius 2 is 1.96 bits per heavy atom. The summed E-state index contributed by atoms with van der Waals surface area (Å²) in [7, 11) is 0. The van der Waals surface area contributed by atoms with E-state index in [0.29, 0.717) is 12.6 Å². The summed E-state index contributed by atoms with van der Waals surface area (Å²) in [5.41, 5.74) is 3.86. The lowest BCUT2D eigenvalue weighted by Crippen LogP contribution is -2.38. The summed E-state index contributed by atoms with van der Waals surface area (Å²) in [6.45, 7) is 13.7. The van der Waals surface area contributed by atoms with Crippen LogP contribution in [0.25, 0.3) is 0 Å². The Balaban J connectivity index is 0.00000484. The van der Waals surface area contributed by atoms with Crippen LogP contribution in [-0.2, 0) is 11.3 Å². The summed E-state index contributed by atoms with van der Waals surface area (Å²) in [5.74, 6) is 0.868. The first-order valence-electron chi connectivity index (χ1n) is 8.22. The third-order valence-corrected chi connectivity index (χ3v) is 3.31. The van der Waals surface area contributed by atoms with Crippen LogP contribution in [0.15, 0.2) is 23.2 Å². The second-order valence-corrected chi connectivity index (χ2v) is 5.82. The average Bonchev–Trinajstić information content (AvgIpc) is 2.45. The van der Waals surface area contributed by atoms with Gasteiger partial charge in [-0.3, -0.25) is 0 Å². The second-order valence-electron chi connectivity index (χ2n) is 5.82. The molecule has 0 radical (unpaired) electrons. The van der Waals surface area contributed by atoms with Gasteiger partial charge in [-0.05, 0) is 52.2 Å². The molecule has 1 aromatic carbocycles. The van der Waals surface area contributed by atoms with Crippen LogP contribution < -0.4 is 10.6 Å². The average molecular weight is 433 g/mol. The first kappa shape index (κ1) is 22.2. The van der Waals surface area contributed by atoms with E-state index in [1.165, 1.54) is 16.7 Å². The molecule has 0 saturated heterocycles. The summed E-state index contributed by atoms with van der Waals surface area (Å²) in [4.78, 5) is 4.66. The molecule has 23 heavy (non-hydrogen) atoms. The zero-order valence-corrected chi connectivity index (χ0v) is 17.4. The van der Waals surface area contributed by atoms with Crippen molar-refractivity contribution in [2.24, 2.45) is 4.99 Å². The van der Waals surface area contributed by atoms with Crippen LogP contribution in [0.5, 0.6) is 0 Å². The van der Waals surface area contributed by atoms with Gasteiger partial charge < -0.3 is 15.4 Å². The van der Waals surface area contributed by atoms with E-state index in [2.05, 4.69) is 68.4 Å². The minimum atomic E-state index is 0. The fraction of sp³-hybridized carbons (Fsp3) is 0.611. The zero-order valence-electron chi connectivity index (χ0n) is 15.1. The summed E-state index contributed by atoms with van der Waals surface area (Å²) < 4.78 is 5.54. The molecule has 0 saturated carbocycles. The van der Waals surface area contributed by atoms with Gasteiger partial charge in [0.25, 0.3) is 0 Å². The third kappa shape index (κ3) is 9.81. The zero-order chi connectivity index (χ0) is 16.4. The number of nitrogens with one attached hydrogen (secondary N) is 2. The number of rotatable bonds is 8. The molecule has 0 aliphatic carbocycles. The molecule has 0 heterocycles. The minimum absolute atomic E-state index is 0. The number of halogens is 1. The number of nitrogens with zero attached hydrogens (tertiary/aromatic N) is 1. The van der Waals surface area contributed by atoms with Crippen molar-refractivity contribution >= 4 is 29.9 Å². The highest BCUT2D eigenvalue weighted by molar-refractivity contribution is 14.0. The van der Waals surface area contributed by atoms with Crippen molar-refractivity contribution in [3.8, 4) is 0 Å². The van der Waals surface area contributed by atoms with E-state index in [4.69, 9.17) is 4.74 Å². The highest BCUT2D eigenvalue weighted by atomic mass is 127. The van der Waals surface area contributed by atoms with Crippen molar-refractivity contribution < 1.29 is 4.74 Å². The van der Waals surface area contributed by atoms with E-state index in [-0.39, 0.29) is 24.0 Å². The first-order valence-corrected chi connectivity index (χ1v) is 8.22. The molecule has 4 nitrogen and oxygen atoms in total. The normalized spacial score (nSPS) is 11.3. The number of guanidine groups is 1. The van der Waals surface area contributed by atoms with Gasteiger partial charge in [-0.1, -0.05) is 23.8 Å². The van der Waals surface area contributed by atoms with E-state index in [0.717, 1.165) is 32.1 Å². The molecule has 132 valence electrons. The number of ether oxygens (including phenoxy) is 1. The summed E-state index contributed by atoms with van der Waals surface area (Å²) >= 11 is 0. The van der Waals surface area contributed by atoms with E-state index in [1.807, 2.05) is 0 Å². The van der Waals surface area contributed by atoms with Crippen LogP contribution in [0.4, 0.5) is 0 Å². The van der Waals surface area contributed by atoms with Crippen LogP contribution >= 0.6 is 24.0 Å². The van der Waals surface area contributed by atoms with Crippen LogP contribution in [0.1, 0.15) is 43.9 Å². The van der Waals surface area contributed by atoms with Gasteiger partial charge in [0.05, 0.1) is 12.6 Å². The highest BCUT2D eigenvalue weighted by Crippen LogP contribution is 2.11. The maximum absolute atomic E-state index is 5.54. The van der Waals surface area contributed by atoms with Crippen molar-refractivity contribution in [3.63, 3.8) is 0 Å². The lowest BCUT2D eigenvalue weighted by Gasteiger charge is -2.12. The largest absolute Gasteiger partial charge is 0.379 e. The van der Waals surface area contributed by atoms with Crippen molar-refractivity contribution in [2.75, 3.05) is 19.7 Å². The third-order valence-electron chi connectivity index (χ3n) is 3.31. The molecule has 0 unspecified atom stereocenters. The van der Waals surface area contributed by atoms with Crippen LogP contribution in [0.3, 0.4) is 0 Å². The van der Waals surface area contributed by atoms with Gasteiger partial charge in [0, 0.05) is 19.7 Å². The number of aryl methyl sites for hydroxylation is 2. The molecule has 5 heteroatoms. The van der Waals surface area contributed by atoms with Gasteiger partial charge in [-0.25, -0.2) is 4.99 Å². The maximum atomic E-state index is 5.54. The lowest BCUT2D eigenvalue weighted by atomic mass is 10.1. The van der Waals surface area contributed by atoms with E-state index in [1.54, 1.807) is 0 Å². The molecule has 0 fully saturated rings. The highest BCUT2D eigenvalue weighted by Gasteiger charge is 2.00. The molecule has 0 atom stereocenters. The van der Waals surface area contributed by atoms with E-state index in [9.17, 15) is 0 Å². The molecular formula is C18H32IN3O. The molecule has 0 aromatic heterocycles. The molecule has 1 rings (SSSR count). The van der Waals surface area contributed by atoms with Gasteiger partial charge in [-0.2, -0.15) is 0 Å². The number of benzene rings is 1. The summed E-state index contributed by atoms with van der Waals surface area (Å²) in [6.07, 6.45) is 1.28. The fourth-order valence-corrected chi connectivity index (χ4v) is 2.13. The van der Waals surface area contributed by atoms with Gasteiger partial charge >= 0.3 is 0 Å². The van der Waals surface area contributed by atoms with Crippen LogP contribution in [0, 0.1) is 13.8 Å². The summed E-state index contributed by atoms with van der Waals surface area (Å²) in [5, 5.41) is 6.64. The Labute approximate surface area is 158 Å². The quantitative estimate of drug-likeness (QED) is 0.284. The van der Waals surface area contributed by atoms with Gasteiger partial charge in [0.2, 0.25) is 0 Å². The Bertz CT molecular complexity index is 475. The molecule has 2 N–H and O–H groups in total. The predicted molar refractivity (Wildman–Crippen MR) is 110 cm³/mol. The maximum Gasteiger partial charge on any atom is 0.191 e. The van der Waals surface area contributed by atoms with Crippen molar-refractivity contribution in [1.29, 1.82) is 0 Å². The number of aliphatic imine (C=N–C) groups is 1. The fourth-order valence-electron chi connectivity index (χ4n) is 2.13. The smallest absolute Gasteiger partial charge is 0.191 e. The number of hydrogen-bond donors (Lipinski definition) is 2. The molecule has 1 aromatic rings. The van der Waals surface area contributed by atoms with Crippen LogP contribution in [0.2, 0.25) is 0 Å². The summed E-state index contributed by atoms with van der Waals surface area (Å²) in [6, 6.07) is 6.50. The second kappa shape index (κ2) is 12.6. The SMILES string of the molecule is CCNC(=NCc1ccc(C)cc1C)NCCCOC(C)C.I. The lowest BCUT2D eigenvalue weighted by molar-refractivity contribution is 0.0776.